The second-order valence-corrected chi connectivity index (χ2v) is 5.21. The highest BCUT2D eigenvalue weighted by atomic mass is 35.5. The summed E-state index contributed by atoms with van der Waals surface area (Å²) in [5.74, 6) is -0.968. The van der Waals surface area contributed by atoms with Crippen LogP contribution in [0.2, 0.25) is 0 Å². The maximum Gasteiger partial charge on any atom is 0.320 e. The maximum absolute atomic E-state index is 10.7. The number of hydrogen-bond donors (Lipinski definition) is 3. The van der Waals surface area contributed by atoms with Crippen LogP contribution in [0.1, 0.15) is 32.8 Å². The number of carboxylic acids is 1. The molecule has 0 radical (unpaired) electrons. The van der Waals surface area contributed by atoms with Gasteiger partial charge in [0.1, 0.15) is 6.04 Å². The van der Waals surface area contributed by atoms with E-state index in [-0.39, 0.29) is 30.4 Å². The van der Waals surface area contributed by atoms with E-state index in [0.29, 0.717) is 6.42 Å². The van der Waals surface area contributed by atoms with Gasteiger partial charge in [0, 0.05) is 11.2 Å². The Morgan fingerprint density at radius 2 is 1.80 bits per heavy atom. The lowest BCUT2D eigenvalue weighted by molar-refractivity contribution is -0.138. The fraction of sp³-hybridized carbons (Fsp3) is 0.500. The SMILES string of the molecule is CCC(C)(C)Nc1ccc(CC(N)C(=O)O)cc1.Cl.Cl. The second kappa shape index (κ2) is 9.06. The number of anilines is 1. The van der Waals surface area contributed by atoms with E-state index in [2.05, 4.69) is 26.1 Å². The van der Waals surface area contributed by atoms with E-state index in [0.717, 1.165) is 17.7 Å². The molecule has 0 aliphatic heterocycles. The van der Waals surface area contributed by atoms with Crippen LogP contribution in [0.5, 0.6) is 0 Å². The average Bonchev–Trinajstić information content (AvgIpc) is 2.31. The zero-order chi connectivity index (χ0) is 13.8. The Hall–Kier alpha value is -0.970. The summed E-state index contributed by atoms with van der Waals surface area (Å²) in [6, 6.07) is 6.91. The van der Waals surface area contributed by atoms with E-state index in [1.54, 1.807) is 0 Å². The fourth-order valence-corrected chi connectivity index (χ4v) is 1.54. The van der Waals surface area contributed by atoms with E-state index >= 15 is 0 Å². The van der Waals surface area contributed by atoms with Gasteiger partial charge in [-0.1, -0.05) is 19.1 Å². The van der Waals surface area contributed by atoms with Crippen molar-refractivity contribution < 1.29 is 9.90 Å². The predicted octanol–water partition coefficient (Wildman–Crippen LogP) is 3.09. The van der Waals surface area contributed by atoms with Crippen LogP contribution >= 0.6 is 24.8 Å². The van der Waals surface area contributed by atoms with Crippen LogP contribution in [0, 0.1) is 0 Å². The lowest BCUT2D eigenvalue weighted by Crippen LogP contribution is -2.32. The van der Waals surface area contributed by atoms with Crippen molar-refractivity contribution in [3.8, 4) is 0 Å². The Bertz CT molecular complexity index is 408. The first-order valence-electron chi connectivity index (χ1n) is 6.19. The molecule has 6 heteroatoms. The summed E-state index contributed by atoms with van der Waals surface area (Å²) in [7, 11) is 0. The number of rotatable bonds is 6. The number of nitrogens with two attached hydrogens (primary N) is 1. The average molecular weight is 323 g/mol. The van der Waals surface area contributed by atoms with Gasteiger partial charge in [0.2, 0.25) is 0 Å². The minimum atomic E-state index is -0.968. The molecule has 1 unspecified atom stereocenters. The zero-order valence-electron chi connectivity index (χ0n) is 12.1. The summed E-state index contributed by atoms with van der Waals surface area (Å²) in [5.41, 5.74) is 7.52. The molecule has 4 N–H and O–H groups in total. The molecule has 1 aromatic carbocycles. The maximum atomic E-state index is 10.7. The Morgan fingerprint density at radius 3 is 2.20 bits per heavy atom. The first kappa shape index (κ1) is 21.3. The van der Waals surface area contributed by atoms with Gasteiger partial charge in [0.15, 0.2) is 0 Å². The number of carbonyl (C=O) groups is 1. The van der Waals surface area contributed by atoms with E-state index < -0.39 is 12.0 Å². The molecular formula is C14H24Cl2N2O2. The molecule has 1 aromatic rings. The van der Waals surface area contributed by atoms with Gasteiger partial charge in [-0.05, 0) is 44.4 Å². The standard InChI is InChI=1S/C14H22N2O2.2ClH/c1-4-14(2,3)16-11-7-5-10(6-8-11)9-12(15)13(17)18;;/h5-8,12,16H,4,9,15H2,1-3H3,(H,17,18);2*1H. The third-order valence-electron chi connectivity index (χ3n) is 3.09. The van der Waals surface area contributed by atoms with Gasteiger partial charge in [-0.2, -0.15) is 0 Å². The summed E-state index contributed by atoms with van der Waals surface area (Å²) >= 11 is 0. The first-order chi connectivity index (χ1) is 8.34. The Morgan fingerprint density at radius 1 is 1.30 bits per heavy atom. The van der Waals surface area contributed by atoms with Gasteiger partial charge in [0.05, 0.1) is 0 Å². The van der Waals surface area contributed by atoms with Gasteiger partial charge in [-0.15, -0.1) is 24.8 Å². The predicted molar refractivity (Wildman–Crippen MR) is 88.2 cm³/mol. The first-order valence-corrected chi connectivity index (χ1v) is 6.19. The van der Waals surface area contributed by atoms with Crippen LogP contribution in [0.4, 0.5) is 5.69 Å². The van der Waals surface area contributed by atoms with Gasteiger partial charge < -0.3 is 16.2 Å². The molecule has 20 heavy (non-hydrogen) atoms. The van der Waals surface area contributed by atoms with Crippen LogP contribution in [-0.2, 0) is 11.2 Å². The molecule has 1 rings (SSSR count). The Balaban J connectivity index is 0. The number of carboxylic acid groups (broad SMARTS) is 1. The van der Waals surface area contributed by atoms with Crippen molar-refractivity contribution in [3.63, 3.8) is 0 Å². The quantitative estimate of drug-likeness (QED) is 0.752. The lowest BCUT2D eigenvalue weighted by atomic mass is 10.0. The lowest BCUT2D eigenvalue weighted by Gasteiger charge is -2.26. The molecule has 0 aliphatic carbocycles. The van der Waals surface area contributed by atoms with Gasteiger partial charge in [-0.3, -0.25) is 4.79 Å². The number of aliphatic carboxylic acids is 1. The molecule has 0 saturated heterocycles. The largest absolute Gasteiger partial charge is 0.480 e. The van der Waals surface area contributed by atoms with E-state index in [1.807, 2.05) is 24.3 Å². The highest BCUT2D eigenvalue weighted by Crippen LogP contribution is 2.18. The molecule has 0 amide bonds. The number of hydrogen-bond acceptors (Lipinski definition) is 3. The summed E-state index contributed by atoms with van der Waals surface area (Å²) in [4.78, 5) is 10.7. The van der Waals surface area contributed by atoms with Crippen LogP contribution in [0.3, 0.4) is 0 Å². The van der Waals surface area contributed by atoms with Gasteiger partial charge >= 0.3 is 5.97 Å². The highest BCUT2D eigenvalue weighted by molar-refractivity contribution is 5.85. The van der Waals surface area contributed by atoms with Crippen molar-refractivity contribution in [1.29, 1.82) is 0 Å². The van der Waals surface area contributed by atoms with Gasteiger partial charge in [0.25, 0.3) is 0 Å². The molecule has 1 atom stereocenters. The molecule has 0 bridgehead atoms. The normalized spacial score (nSPS) is 11.8. The Kier molecular flexibility index (Phi) is 9.66. The number of halogens is 2. The van der Waals surface area contributed by atoms with Crippen LogP contribution in [0.15, 0.2) is 24.3 Å². The molecule has 116 valence electrons. The second-order valence-electron chi connectivity index (χ2n) is 5.21. The summed E-state index contributed by atoms with van der Waals surface area (Å²) < 4.78 is 0. The molecule has 0 heterocycles. The van der Waals surface area contributed by atoms with Crippen molar-refractivity contribution >= 4 is 36.5 Å². The molecule has 4 nitrogen and oxygen atoms in total. The van der Waals surface area contributed by atoms with Crippen molar-refractivity contribution in [2.24, 2.45) is 5.73 Å². The van der Waals surface area contributed by atoms with E-state index in [1.165, 1.54) is 0 Å². The number of nitrogens with one attached hydrogen (secondary N) is 1. The monoisotopic (exact) mass is 322 g/mol. The molecule has 0 aromatic heterocycles. The van der Waals surface area contributed by atoms with Crippen molar-refractivity contribution in [3.05, 3.63) is 29.8 Å². The smallest absolute Gasteiger partial charge is 0.320 e. The topological polar surface area (TPSA) is 75.3 Å². The van der Waals surface area contributed by atoms with Crippen LogP contribution in [-0.4, -0.2) is 22.7 Å². The fourth-order valence-electron chi connectivity index (χ4n) is 1.54. The highest BCUT2D eigenvalue weighted by Gasteiger charge is 2.15. The summed E-state index contributed by atoms with van der Waals surface area (Å²) in [5, 5.41) is 12.2. The third-order valence-corrected chi connectivity index (χ3v) is 3.09. The molecule has 0 spiro atoms. The molecule has 0 fully saturated rings. The zero-order valence-corrected chi connectivity index (χ0v) is 13.7. The van der Waals surface area contributed by atoms with Crippen LogP contribution < -0.4 is 11.1 Å². The Labute approximate surface area is 133 Å². The summed E-state index contributed by atoms with van der Waals surface area (Å²) in [6.07, 6.45) is 1.38. The van der Waals surface area contributed by atoms with Crippen LogP contribution in [0.25, 0.3) is 0 Å². The minimum Gasteiger partial charge on any atom is -0.480 e. The van der Waals surface area contributed by atoms with Gasteiger partial charge in [-0.25, -0.2) is 0 Å². The van der Waals surface area contributed by atoms with Crippen molar-refractivity contribution in [2.45, 2.75) is 45.2 Å². The van der Waals surface area contributed by atoms with Crippen molar-refractivity contribution in [2.75, 3.05) is 5.32 Å². The van der Waals surface area contributed by atoms with E-state index in [4.69, 9.17) is 10.8 Å². The minimum absolute atomic E-state index is 0. The third kappa shape index (κ3) is 6.98. The number of benzene rings is 1. The van der Waals surface area contributed by atoms with E-state index in [9.17, 15) is 4.79 Å². The molecular weight excluding hydrogens is 299 g/mol. The van der Waals surface area contributed by atoms with Crippen molar-refractivity contribution in [1.82, 2.24) is 0 Å². The molecule has 0 aliphatic rings. The summed E-state index contributed by atoms with van der Waals surface area (Å²) in [6.45, 7) is 6.41. The molecule has 0 saturated carbocycles.